The summed E-state index contributed by atoms with van der Waals surface area (Å²) in [7, 11) is 1.90. The van der Waals surface area contributed by atoms with Gasteiger partial charge >= 0.3 is 6.03 Å². The van der Waals surface area contributed by atoms with Crippen LogP contribution < -0.4 is 16.0 Å². The van der Waals surface area contributed by atoms with E-state index in [-0.39, 0.29) is 6.03 Å². The molecule has 5 rings (SSSR count). The van der Waals surface area contributed by atoms with Crippen LogP contribution >= 0.6 is 22.7 Å². The highest BCUT2D eigenvalue weighted by atomic mass is 32.1. The Morgan fingerprint density at radius 2 is 2.00 bits per heavy atom. The predicted molar refractivity (Wildman–Crippen MR) is 138 cm³/mol. The first-order valence-electron chi connectivity index (χ1n) is 10.6. The van der Waals surface area contributed by atoms with E-state index in [2.05, 4.69) is 42.1 Å². The Hall–Kier alpha value is -3.83. The molecule has 4 aromatic heterocycles. The number of benzene rings is 1. The standard InChI is InChI=1S/C23H22N8OS2/c1-14-4-3-5-16(8-14)29-22(32)30-23-25-11-17(33-23)6-7-24-21-20-18(26-13-27-21)9-19(34-20)15-10-28-31(2)12-15/h3-5,8-13H,6-7H2,1-2H3,(H,24,26,27)(H2,25,29,30,32). The molecule has 0 bridgehead atoms. The van der Waals surface area contributed by atoms with Gasteiger partial charge in [0, 0.05) is 53.4 Å². The molecule has 172 valence electrons. The van der Waals surface area contributed by atoms with Gasteiger partial charge in [0.05, 0.1) is 16.4 Å². The number of hydrogen-bond donors (Lipinski definition) is 3. The van der Waals surface area contributed by atoms with Crippen LogP contribution in [0.3, 0.4) is 0 Å². The fourth-order valence-electron chi connectivity index (χ4n) is 3.44. The van der Waals surface area contributed by atoms with Crippen LogP contribution in [0, 0.1) is 6.92 Å². The van der Waals surface area contributed by atoms with Gasteiger partial charge in [0.2, 0.25) is 0 Å². The topological polar surface area (TPSA) is 110 Å². The summed E-state index contributed by atoms with van der Waals surface area (Å²) in [5.41, 5.74) is 3.80. The fourth-order valence-corrected chi connectivity index (χ4v) is 5.30. The predicted octanol–water partition coefficient (Wildman–Crippen LogP) is 5.16. The van der Waals surface area contributed by atoms with Crippen LogP contribution in [0.2, 0.25) is 0 Å². The zero-order chi connectivity index (χ0) is 23.5. The second kappa shape index (κ2) is 9.57. The first kappa shape index (κ1) is 22.0. The van der Waals surface area contributed by atoms with Crippen LogP contribution in [0.1, 0.15) is 10.4 Å². The first-order chi connectivity index (χ1) is 16.5. The maximum Gasteiger partial charge on any atom is 0.325 e. The summed E-state index contributed by atoms with van der Waals surface area (Å²) < 4.78 is 2.80. The van der Waals surface area contributed by atoms with Gasteiger partial charge in [-0.05, 0) is 30.7 Å². The molecule has 0 aliphatic heterocycles. The Balaban J connectivity index is 1.18. The molecule has 34 heavy (non-hydrogen) atoms. The molecule has 1 aromatic carbocycles. The van der Waals surface area contributed by atoms with Crippen molar-refractivity contribution in [2.45, 2.75) is 13.3 Å². The van der Waals surface area contributed by atoms with E-state index in [1.807, 2.05) is 50.6 Å². The summed E-state index contributed by atoms with van der Waals surface area (Å²) in [5.74, 6) is 0.811. The number of nitrogens with one attached hydrogen (secondary N) is 3. The van der Waals surface area contributed by atoms with E-state index in [0.29, 0.717) is 11.7 Å². The Labute approximate surface area is 203 Å². The Bertz CT molecular complexity index is 1450. The molecule has 2 amide bonds. The Morgan fingerprint density at radius 3 is 2.82 bits per heavy atom. The number of fused-ring (bicyclic) bond motifs is 1. The molecule has 0 unspecified atom stereocenters. The van der Waals surface area contributed by atoms with Crippen molar-refractivity contribution in [3.63, 3.8) is 0 Å². The van der Waals surface area contributed by atoms with Crippen molar-refractivity contribution in [3.05, 3.63) is 65.7 Å². The maximum atomic E-state index is 12.2. The number of aryl methyl sites for hydroxylation is 2. The zero-order valence-electron chi connectivity index (χ0n) is 18.6. The Kier molecular flexibility index (Phi) is 6.19. The summed E-state index contributed by atoms with van der Waals surface area (Å²) in [6.45, 7) is 2.66. The lowest BCUT2D eigenvalue weighted by molar-refractivity contribution is 0.262. The van der Waals surface area contributed by atoms with Crippen molar-refractivity contribution in [2.24, 2.45) is 7.05 Å². The summed E-state index contributed by atoms with van der Waals surface area (Å²) >= 11 is 3.10. The van der Waals surface area contributed by atoms with E-state index < -0.39 is 0 Å². The van der Waals surface area contributed by atoms with Gasteiger partial charge in [-0.15, -0.1) is 22.7 Å². The lowest BCUT2D eigenvalue weighted by Crippen LogP contribution is -2.19. The molecule has 5 aromatic rings. The number of thiophene rings is 1. The average Bonchev–Trinajstić information content (AvgIpc) is 3.53. The molecule has 0 aliphatic rings. The van der Waals surface area contributed by atoms with E-state index >= 15 is 0 Å². The van der Waals surface area contributed by atoms with Crippen LogP contribution in [-0.2, 0) is 13.5 Å². The van der Waals surface area contributed by atoms with Gasteiger partial charge in [0.15, 0.2) is 5.13 Å². The number of amides is 2. The maximum absolute atomic E-state index is 12.2. The smallest absolute Gasteiger partial charge is 0.325 e. The van der Waals surface area contributed by atoms with Gasteiger partial charge in [0.1, 0.15) is 12.1 Å². The van der Waals surface area contributed by atoms with Crippen LogP contribution in [-0.4, -0.2) is 37.3 Å². The minimum Gasteiger partial charge on any atom is -0.368 e. The van der Waals surface area contributed by atoms with Gasteiger partial charge in [-0.1, -0.05) is 12.1 Å². The molecule has 3 N–H and O–H groups in total. The molecule has 0 fully saturated rings. The molecule has 4 heterocycles. The number of nitrogens with zero attached hydrogens (tertiary/aromatic N) is 5. The van der Waals surface area contributed by atoms with Crippen molar-refractivity contribution >= 4 is 55.6 Å². The largest absolute Gasteiger partial charge is 0.368 e. The fraction of sp³-hybridized carbons (Fsp3) is 0.174. The molecule has 0 spiro atoms. The molecule has 0 aliphatic carbocycles. The molecular formula is C23H22N8OS2. The van der Waals surface area contributed by atoms with Crippen LogP contribution in [0.5, 0.6) is 0 Å². The number of rotatable bonds is 7. The van der Waals surface area contributed by atoms with Gasteiger partial charge < -0.3 is 10.6 Å². The monoisotopic (exact) mass is 490 g/mol. The van der Waals surface area contributed by atoms with E-state index in [4.69, 9.17) is 0 Å². The summed E-state index contributed by atoms with van der Waals surface area (Å²) in [5, 5.41) is 13.8. The summed E-state index contributed by atoms with van der Waals surface area (Å²) in [6, 6.07) is 9.40. The molecular weight excluding hydrogens is 468 g/mol. The van der Waals surface area contributed by atoms with E-state index in [1.54, 1.807) is 28.5 Å². The average molecular weight is 491 g/mol. The molecule has 0 radical (unpaired) electrons. The van der Waals surface area contributed by atoms with Gasteiger partial charge in [0.25, 0.3) is 0 Å². The third-order valence-corrected chi connectivity index (χ3v) is 7.17. The van der Waals surface area contributed by atoms with Gasteiger partial charge in [-0.3, -0.25) is 10.00 Å². The van der Waals surface area contributed by atoms with Crippen molar-refractivity contribution in [3.8, 4) is 10.4 Å². The number of aromatic nitrogens is 5. The van der Waals surface area contributed by atoms with Crippen molar-refractivity contribution < 1.29 is 4.79 Å². The minimum absolute atomic E-state index is 0.310. The van der Waals surface area contributed by atoms with E-state index in [1.165, 1.54) is 11.3 Å². The molecule has 0 atom stereocenters. The van der Waals surface area contributed by atoms with Crippen LogP contribution in [0.4, 0.5) is 21.4 Å². The highest BCUT2D eigenvalue weighted by Crippen LogP contribution is 2.35. The molecule has 11 heteroatoms. The number of thiazole rings is 1. The van der Waals surface area contributed by atoms with Crippen LogP contribution in [0.15, 0.2) is 55.2 Å². The third-order valence-electron chi connectivity index (χ3n) is 5.01. The second-order valence-corrected chi connectivity index (χ2v) is 9.87. The lowest BCUT2D eigenvalue weighted by Gasteiger charge is -2.06. The molecule has 0 saturated carbocycles. The molecule has 9 nitrogen and oxygen atoms in total. The van der Waals surface area contributed by atoms with Crippen molar-refractivity contribution in [1.29, 1.82) is 0 Å². The van der Waals surface area contributed by atoms with E-state index in [9.17, 15) is 4.79 Å². The first-order valence-corrected chi connectivity index (χ1v) is 12.2. The second-order valence-electron chi connectivity index (χ2n) is 7.71. The highest BCUT2D eigenvalue weighted by molar-refractivity contribution is 7.22. The number of hydrogen-bond acceptors (Lipinski definition) is 8. The summed E-state index contributed by atoms with van der Waals surface area (Å²) in [6.07, 6.45) is 7.95. The summed E-state index contributed by atoms with van der Waals surface area (Å²) in [4.78, 5) is 27.6. The quantitative estimate of drug-likeness (QED) is 0.291. The normalized spacial score (nSPS) is 11.0. The van der Waals surface area contributed by atoms with Crippen molar-refractivity contribution in [1.82, 2.24) is 24.7 Å². The van der Waals surface area contributed by atoms with Gasteiger partial charge in [-0.25, -0.2) is 19.7 Å². The SMILES string of the molecule is Cc1cccc(NC(=O)Nc2ncc(CCNc3ncnc4cc(-c5cnn(C)c5)sc34)s2)c1. The van der Waals surface area contributed by atoms with E-state index in [0.717, 1.165) is 49.0 Å². The zero-order valence-corrected chi connectivity index (χ0v) is 20.2. The Morgan fingerprint density at radius 1 is 1.09 bits per heavy atom. The molecule has 0 saturated heterocycles. The number of urea groups is 1. The lowest BCUT2D eigenvalue weighted by atomic mass is 10.2. The number of carbonyl (C=O) groups excluding carboxylic acids is 1. The van der Waals surface area contributed by atoms with Crippen molar-refractivity contribution in [2.75, 3.05) is 22.5 Å². The number of carbonyl (C=O) groups is 1. The third kappa shape index (κ3) is 5.05. The number of anilines is 3. The van der Waals surface area contributed by atoms with Crippen LogP contribution in [0.25, 0.3) is 20.7 Å². The minimum atomic E-state index is -0.310. The highest BCUT2D eigenvalue weighted by Gasteiger charge is 2.12. The van der Waals surface area contributed by atoms with Gasteiger partial charge in [-0.2, -0.15) is 5.10 Å².